The number of carbonyl (C=O) groups is 1. The summed E-state index contributed by atoms with van der Waals surface area (Å²) in [5, 5.41) is 10.4. The molecule has 1 saturated heterocycles. The standard InChI is InChI=1S/C14H19N3O2S2/c1-9-6-17-11(10(2)15-13(17)21-9)7-16(3)12(18)14(19)4-5-20-8-14/h6,19H,4-5,7-8H2,1-3H3. The molecule has 0 aromatic carbocycles. The summed E-state index contributed by atoms with van der Waals surface area (Å²) in [6, 6.07) is 0. The molecule has 1 aliphatic heterocycles. The minimum absolute atomic E-state index is 0.186. The third-order valence-corrected chi connectivity index (χ3v) is 5.95. The van der Waals surface area contributed by atoms with Crippen molar-refractivity contribution in [2.75, 3.05) is 18.6 Å². The van der Waals surface area contributed by atoms with E-state index in [9.17, 15) is 9.90 Å². The molecule has 0 aliphatic carbocycles. The largest absolute Gasteiger partial charge is 0.379 e. The molecule has 1 amide bonds. The van der Waals surface area contributed by atoms with Crippen molar-refractivity contribution >= 4 is 34.0 Å². The van der Waals surface area contributed by atoms with Crippen molar-refractivity contribution < 1.29 is 9.90 Å². The normalized spacial score (nSPS) is 22.1. The van der Waals surface area contributed by atoms with Gasteiger partial charge in [0.25, 0.3) is 5.91 Å². The Balaban J connectivity index is 1.84. The summed E-state index contributed by atoms with van der Waals surface area (Å²) >= 11 is 3.27. The van der Waals surface area contributed by atoms with Crippen molar-refractivity contribution in [3.8, 4) is 0 Å². The molecule has 0 bridgehead atoms. The monoisotopic (exact) mass is 325 g/mol. The summed E-state index contributed by atoms with van der Waals surface area (Å²) in [5.41, 5.74) is 0.759. The van der Waals surface area contributed by atoms with Gasteiger partial charge in [-0.3, -0.25) is 9.20 Å². The highest BCUT2D eigenvalue weighted by molar-refractivity contribution is 7.99. The van der Waals surface area contributed by atoms with Crippen LogP contribution in [0, 0.1) is 13.8 Å². The highest BCUT2D eigenvalue weighted by Gasteiger charge is 2.41. The van der Waals surface area contributed by atoms with Gasteiger partial charge < -0.3 is 10.0 Å². The van der Waals surface area contributed by atoms with Crippen molar-refractivity contribution in [1.29, 1.82) is 0 Å². The molecule has 0 radical (unpaired) electrons. The summed E-state index contributed by atoms with van der Waals surface area (Å²) < 4.78 is 2.05. The molecule has 1 unspecified atom stereocenters. The first-order valence-electron chi connectivity index (χ1n) is 6.90. The number of carbonyl (C=O) groups excluding carboxylic acids is 1. The molecule has 3 heterocycles. The van der Waals surface area contributed by atoms with Crippen LogP contribution < -0.4 is 0 Å². The van der Waals surface area contributed by atoms with Crippen LogP contribution in [-0.2, 0) is 11.3 Å². The third-order valence-electron chi connectivity index (χ3n) is 3.87. The molecule has 1 fully saturated rings. The van der Waals surface area contributed by atoms with E-state index in [2.05, 4.69) is 4.98 Å². The van der Waals surface area contributed by atoms with Crippen LogP contribution in [0.3, 0.4) is 0 Å². The van der Waals surface area contributed by atoms with E-state index in [4.69, 9.17) is 0 Å². The van der Waals surface area contributed by atoms with E-state index >= 15 is 0 Å². The molecule has 1 N–H and O–H groups in total. The average Bonchev–Trinajstić information content (AvgIpc) is 3.07. The smallest absolute Gasteiger partial charge is 0.255 e. The number of imidazole rings is 1. The molecule has 114 valence electrons. The van der Waals surface area contributed by atoms with Crippen molar-refractivity contribution in [2.24, 2.45) is 0 Å². The zero-order valence-corrected chi connectivity index (χ0v) is 14.1. The van der Waals surface area contributed by atoms with E-state index in [1.54, 1.807) is 35.0 Å². The van der Waals surface area contributed by atoms with E-state index < -0.39 is 5.60 Å². The number of nitrogens with zero attached hydrogens (tertiary/aromatic N) is 3. The average molecular weight is 325 g/mol. The Bertz CT molecular complexity index is 686. The number of aliphatic hydroxyl groups is 1. The van der Waals surface area contributed by atoms with Gasteiger partial charge in [0.1, 0.15) is 0 Å². The van der Waals surface area contributed by atoms with E-state index in [1.165, 1.54) is 4.88 Å². The molecule has 2 aromatic rings. The Morgan fingerprint density at radius 2 is 2.33 bits per heavy atom. The fraction of sp³-hybridized carbons (Fsp3) is 0.571. The van der Waals surface area contributed by atoms with Crippen LogP contribution in [0.5, 0.6) is 0 Å². The molecule has 1 aliphatic rings. The lowest BCUT2D eigenvalue weighted by molar-refractivity contribution is -0.147. The second kappa shape index (κ2) is 5.30. The molecule has 1 atom stereocenters. The minimum Gasteiger partial charge on any atom is -0.379 e. The number of hydrogen-bond donors (Lipinski definition) is 1. The highest BCUT2D eigenvalue weighted by Crippen LogP contribution is 2.30. The summed E-state index contributed by atoms with van der Waals surface area (Å²) in [5.74, 6) is 1.15. The lowest BCUT2D eigenvalue weighted by Crippen LogP contribution is -2.47. The Labute approximate surface area is 132 Å². The molecule has 0 saturated carbocycles. The Hall–Kier alpha value is -1.05. The fourth-order valence-corrected chi connectivity index (χ4v) is 4.80. The quantitative estimate of drug-likeness (QED) is 0.935. The molecule has 7 heteroatoms. The van der Waals surface area contributed by atoms with Crippen molar-refractivity contribution in [3.63, 3.8) is 0 Å². The first-order valence-corrected chi connectivity index (χ1v) is 8.87. The van der Waals surface area contributed by atoms with Crippen LogP contribution in [0.2, 0.25) is 0 Å². The predicted octanol–water partition coefficient (Wildman–Crippen LogP) is 1.84. The van der Waals surface area contributed by atoms with Crippen molar-refractivity contribution in [1.82, 2.24) is 14.3 Å². The molecular formula is C14H19N3O2S2. The van der Waals surface area contributed by atoms with Gasteiger partial charge in [-0.1, -0.05) is 0 Å². The lowest BCUT2D eigenvalue weighted by atomic mass is 10.0. The Kier molecular flexibility index (Phi) is 3.75. The van der Waals surface area contributed by atoms with Crippen LogP contribution >= 0.6 is 23.1 Å². The van der Waals surface area contributed by atoms with Crippen LogP contribution in [0.1, 0.15) is 22.7 Å². The van der Waals surface area contributed by atoms with Crippen molar-refractivity contribution in [2.45, 2.75) is 32.4 Å². The first-order chi connectivity index (χ1) is 9.90. The SMILES string of the molecule is Cc1cn2c(CN(C)C(=O)C3(O)CCSC3)c(C)nc2s1. The number of aryl methyl sites for hydroxylation is 2. The molecule has 2 aromatic heterocycles. The first kappa shape index (κ1) is 14.9. The molecule has 0 spiro atoms. The topological polar surface area (TPSA) is 57.8 Å². The number of hydrogen-bond acceptors (Lipinski definition) is 5. The van der Waals surface area contributed by atoms with Gasteiger partial charge in [-0.2, -0.15) is 11.8 Å². The number of thiazole rings is 1. The number of fused-ring (bicyclic) bond motifs is 1. The summed E-state index contributed by atoms with van der Waals surface area (Å²) in [6.07, 6.45) is 2.59. The number of thioether (sulfide) groups is 1. The van der Waals surface area contributed by atoms with E-state index in [0.717, 1.165) is 22.1 Å². The number of aromatic nitrogens is 2. The maximum atomic E-state index is 12.5. The van der Waals surface area contributed by atoms with Gasteiger partial charge in [-0.05, 0) is 26.0 Å². The van der Waals surface area contributed by atoms with Crippen LogP contribution in [0.15, 0.2) is 6.20 Å². The Morgan fingerprint density at radius 1 is 1.57 bits per heavy atom. The van der Waals surface area contributed by atoms with E-state index in [0.29, 0.717) is 18.7 Å². The number of rotatable bonds is 3. The van der Waals surface area contributed by atoms with Gasteiger partial charge in [0.15, 0.2) is 10.6 Å². The maximum Gasteiger partial charge on any atom is 0.255 e. The molecule has 3 rings (SSSR count). The summed E-state index contributed by atoms with van der Waals surface area (Å²) in [7, 11) is 1.75. The van der Waals surface area contributed by atoms with E-state index in [1.807, 2.05) is 24.4 Å². The predicted molar refractivity (Wildman–Crippen MR) is 85.9 cm³/mol. The second-order valence-corrected chi connectivity index (χ2v) is 7.95. The Morgan fingerprint density at radius 3 is 3.00 bits per heavy atom. The van der Waals surface area contributed by atoms with Crippen LogP contribution in [-0.4, -0.2) is 49.5 Å². The minimum atomic E-state index is -1.19. The molecule has 5 nitrogen and oxygen atoms in total. The van der Waals surface area contributed by atoms with Gasteiger partial charge in [-0.25, -0.2) is 4.98 Å². The number of amides is 1. The zero-order valence-electron chi connectivity index (χ0n) is 12.4. The van der Waals surface area contributed by atoms with Gasteiger partial charge in [-0.15, -0.1) is 11.3 Å². The zero-order chi connectivity index (χ0) is 15.2. The molecular weight excluding hydrogens is 306 g/mol. The maximum absolute atomic E-state index is 12.5. The van der Waals surface area contributed by atoms with Gasteiger partial charge in [0.2, 0.25) is 0 Å². The van der Waals surface area contributed by atoms with Gasteiger partial charge in [0, 0.05) is 23.9 Å². The highest BCUT2D eigenvalue weighted by atomic mass is 32.2. The van der Waals surface area contributed by atoms with E-state index in [-0.39, 0.29) is 5.91 Å². The van der Waals surface area contributed by atoms with Gasteiger partial charge >= 0.3 is 0 Å². The summed E-state index contributed by atoms with van der Waals surface area (Å²) in [4.78, 5) is 20.8. The summed E-state index contributed by atoms with van der Waals surface area (Å²) in [6.45, 7) is 4.48. The number of likely N-dealkylation sites (N-methyl/N-ethyl adjacent to an activating group) is 1. The van der Waals surface area contributed by atoms with Crippen molar-refractivity contribution in [3.05, 3.63) is 22.5 Å². The fourth-order valence-electron chi connectivity index (χ4n) is 2.67. The molecule has 21 heavy (non-hydrogen) atoms. The lowest BCUT2D eigenvalue weighted by Gasteiger charge is -2.27. The van der Waals surface area contributed by atoms with Crippen LogP contribution in [0.25, 0.3) is 4.96 Å². The van der Waals surface area contributed by atoms with Gasteiger partial charge in [0.05, 0.1) is 17.9 Å². The second-order valence-electron chi connectivity index (χ2n) is 5.63. The van der Waals surface area contributed by atoms with Crippen LogP contribution in [0.4, 0.5) is 0 Å². The third kappa shape index (κ3) is 2.58.